The molecule has 1 heterocycles. The van der Waals surface area contributed by atoms with E-state index in [1.165, 1.54) is 0 Å². The predicted octanol–water partition coefficient (Wildman–Crippen LogP) is 3.01. The first-order chi connectivity index (χ1) is 9.27. The summed E-state index contributed by atoms with van der Waals surface area (Å²) in [7, 11) is 0. The number of rotatable bonds is 1. The maximum Gasteiger partial charge on any atom is 0.335 e. The van der Waals surface area contributed by atoms with Gasteiger partial charge < -0.3 is 5.11 Å². The van der Waals surface area contributed by atoms with Gasteiger partial charge in [-0.3, -0.25) is 0 Å². The number of aromatic carboxylic acids is 1. The van der Waals surface area contributed by atoms with Crippen molar-refractivity contribution in [2.24, 2.45) is 0 Å². The van der Waals surface area contributed by atoms with E-state index in [1.807, 2.05) is 30.5 Å². The molecule has 0 saturated carbocycles. The number of hydrogen-bond acceptors (Lipinski definition) is 3. The molecule has 0 radical (unpaired) electrons. The van der Waals surface area contributed by atoms with Crippen molar-refractivity contribution in [1.82, 2.24) is 9.97 Å². The average Bonchev–Trinajstić information content (AvgIpc) is 2.49. The average molecular weight is 252 g/mol. The number of nitrogens with zero attached hydrogens (tertiary/aromatic N) is 2. The number of aromatic nitrogens is 2. The smallest absolute Gasteiger partial charge is 0.335 e. The summed E-state index contributed by atoms with van der Waals surface area (Å²) >= 11 is 0. The number of fused-ring (bicyclic) bond motifs is 1. The van der Waals surface area contributed by atoms with Crippen molar-refractivity contribution in [3.05, 3.63) is 72.7 Å². The van der Waals surface area contributed by atoms with Crippen molar-refractivity contribution in [2.45, 2.75) is 0 Å². The second kappa shape index (κ2) is 6.26. The molecular weight excluding hydrogens is 240 g/mol. The molecule has 0 fully saturated rings. The first-order valence-corrected chi connectivity index (χ1v) is 5.70. The third-order valence-corrected chi connectivity index (χ3v) is 2.43. The highest BCUT2D eigenvalue weighted by atomic mass is 16.4. The van der Waals surface area contributed by atoms with Gasteiger partial charge in [-0.25, -0.2) is 14.8 Å². The summed E-state index contributed by atoms with van der Waals surface area (Å²) in [6, 6.07) is 16.2. The molecule has 0 amide bonds. The van der Waals surface area contributed by atoms with Crippen molar-refractivity contribution >= 4 is 16.9 Å². The van der Waals surface area contributed by atoms with Crippen LogP contribution in [0, 0.1) is 0 Å². The molecule has 4 nitrogen and oxygen atoms in total. The van der Waals surface area contributed by atoms with Crippen molar-refractivity contribution in [3.63, 3.8) is 0 Å². The van der Waals surface area contributed by atoms with E-state index >= 15 is 0 Å². The summed E-state index contributed by atoms with van der Waals surface area (Å²) in [5, 5.41) is 9.47. The highest BCUT2D eigenvalue weighted by Gasteiger charge is 1.96. The lowest BCUT2D eigenvalue weighted by atomic mass is 10.2. The predicted molar refractivity (Wildman–Crippen MR) is 72.9 cm³/mol. The Morgan fingerprint density at radius 3 is 2.26 bits per heavy atom. The molecule has 0 unspecified atom stereocenters. The van der Waals surface area contributed by atoms with Crippen LogP contribution < -0.4 is 0 Å². The Morgan fingerprint density at radius 2 is 1.63 bits per heavy atom. The van der Waals surface area contributed by atoms with Crippen LogP contribution in [0.3, 0.4) is 0 Å². The fraction of sp³-hybridized carbons (Fsp3) is 0. The summed E-state index contributed by atoms with van der Waals surface area (Å²) in [5.74, 6) is -0.879. The maximum absolute atomic E-state index is 10.2. The third kappa shape index (κ3) is 3.61. The minimum atomic E-state index is -0.879. The van der Waals surface area contributed by atoms with Gasteiger partial charge in [0.2, 0.25) is 0 Å². The molecule has 0 spiro atoms. The molecule has 0 atom stereocenters. The topological polar surface area (TPSA) is 63.1 Å². The molecule has 0 aliphatic carbocycles. The number of para-hydroxylation sites is 1. The van der Waals surface area contributed by atoms with E-state index in [-0.39, 0.29) is 0 Å². The first-order valence-electron chi connectivity index (χ1n) is 5.70. The fourth-order valence-corrected chi connectivity index (χ4v) is 1.50. The molecule has 3 aromatic rings. The molecule has 3 rings (SSSR count). The van der Waals surface area contributed by atoms with Crippen molar-refractivity contribution in [2.75, 3.05) is 0 Å². The van der Waals surface area contributed by atoms with Crippen LogP contribution in [0.15, 0.2) is 67.1 Å². The van der Waals surface area contributed by atoms with Gasteiger partial charge in [-0.1, -0.05) is 36.4 Å². The summed E-state index contributed by atoms with van der Waals surface area (Å²) in [6.45, 7) is 0. The lowest BCUT2D eigenvalue weighted by molar-refractivity contribution is 0.0697. The Kier molecular flexibility index (Phi) is 4.18. The van der Waals surface area contributed by atoms with E-state index < -0.39 is 5.97 Å². The van der Waals surface area contributed by atoms with E-state index in [0.29, 0.717) is 5.56 Å². The van der Waals surface area contributed by atoms with Crippen molar-refractivity contribution in [3.8, 4) is 0 Å². The quantitative estimate of drug-likeness (QED) is 0.723. The summed E-state index contributed by atoms with van der Waals surface area (Å²) < 4.78 is 0. The van der Waals surface area contributed by atoms with Crippen LogP contribution in [-0.2, 0) is 0 Å². The maximum atomic E-state index is 10.2. The van der Waals surface area contributed by atoms with Gasteiger partial charge in [0.25, 0.3) is 0 Å². The zero-order valence-corrected chi connectivity index (χ0v) is 10.1. The monoisotopic (exact) mass is 252 g/mol. The van der Waals surface area contributed by atoms with Crippen molar-refractivity contribution < 1.29 is 9.90 Å². The van der Waals surface area contributed by atoms with Crippen LogP contribution in [0.2, 0.25) is 0 Å². The molecule has 0 aliphatic heterocycles. The normalized spacial score (nSPS) is 9.47. The third-order valence-electron chi connectivity index (χ3n) is 2.43. The molecule has 1 aromatic heterocycles. The van der Waals surface area contributed by atoms with Crippen LogP contribution in [0.5, 0.6) is 0 Å². The summed E-state index contributed by atoms with van der Waals surface area (Å²) in [5.41, 5.74) is 1.33. The van der Waals surface area contributed by atoms with Gasteiger partial charge >= 0.3 is 5.97 Å². The molecule has 0 aliphatic rings. The van der Waals surface area contributed by atoms with Gasteiger partial charge in [0.05, 0.1) is 11.1 Å². The van der Waals surface area contributed by atoms with Gasteiger partial charge in [-0.05, 0) is 18.2 Å². The summed E-state index contributed by atoms with van der Waals surface area (Å²) in [4.78, 5) is 18.2. The van der Waals surface area contributed by atoms with Crippen LogP contribution in [0.4, 0.5) is 0 Å². The number of carboxylic acid groups (broad SMARTS) is 1. The van der Waals surface area contributed by atoms with Crippen LogP contribution >= 0.6 is 0 Å². The minimum absolute atomic E-state index is 0.331. The zero-order chi connectivity index (χ0) is 13.5. The van der Waals surface area contributed by atoms with Crippen LogP contribution in [0.25, 0.3) is 10.9 Å². The van der Waals surface area contributed by atoms with Gasteiger partial charge in [0, 0.05) is 11.6 Å². The molecule has 2 aromatic carbocycles. The number of benzene rings is 2. The Hall–Kier alpha value is -2.75. The Bertz CT molecular complexity index is 604. The number of hydrogen-bond donors (Lipinski definition) is 1. The standard InChI is InChI=1S/C8H6N2.C7H6O2/c1-2-4-8-7(3-1)5-9-6-10-8;8-7(9)6-4-2-1-3-5-6/h1-6H;1-5H,(H,8,9). The van der Waals surface area contributed by atoms with Crippen LogP contribution in [-0.4, -0.2) is 21.0 Å². The summed E-state index contributed by atoms with van der Waals surface area (Å²) in [6.07, 6.45) is 3.37. The fourth-order valence-electron chi connectivity index (χ4n) is 1.50. The largest absolute Gasteiger partial charge is 0.478 e. The number of carboxylic acids is 1. The SMILES string of the molecule is O=C(O)c1ccccc1.c1ccc2ncncc2c1. The van der Waals surface area contributed by atoms with Gasteiger partial charge in [-0.2, -0.15) is 0 Å². The van der Waals surface area contributed by atoms with E-state index in [2.05, 4.69) is 9.97 Å². The Morgan fingerprint density at radius 1 is 0.947 bits per heavy atom. The van der Waals surface area contributed by atoms with E-state index in [1.54, 1.807) is 36.7 Å². The van der Waals surface area contributed by atoms with Crippen molar-refractivity contribution in [1.29, 1.82) is 0 Å². The Labute approximate surface area is 110 Å². The second-order valence-electron chi connectivity index (χ2n) is 3.75. The molecule has 0 saturated heterocycles. The molecule has 0 bridgehead atoms. The molecule has 94 valence electrons. The number of carbonyl (C=O) groups is 1. The second-order valence-corrected chi connectivity index (χ2v) is 3.75. The van der Waals surface area contributed by atoms with Gasteiger partial charge in [0.15, 0.2) is 0 Å². The lowest BCUT2D eigenvalue weighted by Gasteiger charge is -1.90. The molecule has 4 heteroatoms. The van der Waals surface area contributed by atoms with E-state index in [9.17, 15) is 4.79 Å². The van der Waals surface area contributed by atoms with Gasteiger partial charge in [0.1, 0.15) is 6.33 Å². The Balaban J connectivity index is 0.000000141. The highest BCUT2D eigenvalue weighted by molar-refractivity contribution is 5.87. The van der Waals surface area contributed by atoms with Crippen LogP contribution in [0.1, 0.15) is 10.4 Å². The molecular formula is C15H12N2O2. The minimum Gasteiger partial charge on any atom is -0.478 e. The van der Waals surface area contributed by atoms with Gasteiger partial charge in [-0.15, -0.1) is 0 Å². The lowest BCUT2D eigenvalue weighted by Crippen LogP contribution is -1.93. The van der Waals surface area contributed by atoms with E-state index in [4.69, 9.17) is 5.11 Å². The first kappa shape index (κ1) is 12.7. The zero-order valence-electron chi connectivity index (χ0n) is 10.1. The molecule has 19 heavy (non-hydrogen) atoms. The van der Waals surface area contributed by atoms with E-state index in [0.717, 1.165) is 10.9 Å². The highest BCUT2D eigenvalue weighted by Crippen LogP contribution is 2.06. The molecule has 1 N–H and O–H groups in total.